The summed E-state index contributed by atoms with van der Waals surface area (Å²) in [5.41, 5.74) is 0. The van der Waals surface area contributed by atoms with Gasteiger partial charge in [-0.1, -0.05) is 20.8 Å². The zero-order valence-electron chi connectivity index (χ0n) is 6.07. The van der Waals surface area contributed by atoms with Crippen LogP contribution < -0.4 is 0 Å². The Morgan fingerprint density at radius 1 is 0.875 bits per heavy atom. The molecule has 0 aliphatic carbocycles. The van der Waals surface area contributed by atoms with E-state index in [4.69, 9.17) is 0 Å². The summed E-state index contributed by atoms with van der Waals surface area (Å²) in [5.74, 6) is 0. The number of rotatable bonds is 3. The molecule has 0 atom stereocenters. The molecule has 0 N–H and O–H groups in total. The first-order valence-corrected chi connectivity index (χ1v) is 3.07. The van der Waals surface area contributed by atoms with Crippen LogP contribution in [0.5, 0.6) is 0 Å². The molecule has 0 unspecified atom stereocenters. The second-order valence-corrected chi connectivity index (χ2v) is 1.62. The Bertz CT molecular complexity index is 30.0. The van der Waals surface area contributed by atoms with Crippen LogP contribution in [-0.4, -0.2) is 48.4 Å². The monoisotopic (exact) mass is 221 g/mol. The third-order valence-electron chi connectivity index (χ3n) is 1.34. The normalized spacial score (nSPS) is 9.00. The maximum absolute atomic E-state index is 2.38. The van der Waals surface area contributed by atoms with Crippen LogP contribution in [0.1, 0.15) is 20.8 Å². The van der Waals surface area contributed by atoms with Crippen molar-refractivity contribution in [3.05, 3.63) is 0 Å². The van der Waals surface area contributed by atoms with Gasteiger partial charge in [-0.3, -0.25) is 0 Å². The van der Waals surface area contributed by atoms with E-state index < -0.39 is 0 Å². The van der Waals surface area contributed by atoms with E-state index in [1.54, 1.807) is 0 Å². The minimum Gasteiger partial charge on any atom is -0.304 e. The standard InChI is InChI=1S/C6H15N.Sn/c1-4-7(5-2)6-3;/h4-6H2,1-3H3;. The van der Waals surface area contributed by atoms with E-state index in [9.17, 15) is 0 Å². The zero-order chi connectivity index (χ0) is 5.70. The average Bonchev–Trinajstić information content (AvgIpc) is 1.72. The van der Waals surface area contributed by atoms with Crippen molar-refractivity contribution in [1.82, 2.24) is 4.90 Å². The van der Waals surface area contributed by atoms with Crippen molar-refractivity contribution >= 4 is 23.9 Å². The van der Waals surface area contributed by atoms with Gasteiger partial charge in [0, 0.05) is 23.9 Å². The summed E-state index contributed by atoms with van der Waals surface area (Å²) in [4.78, 5) is 2.38. The minimum absolute atomic E-state index is 0. The van der Waals surface area contributed by atoms with E-state index in [-0.39, 0.29) is 23.9 Å². The molecule has 0 rings (SSSR count). The van der Waals surface area contributed by atoms with Crippen LogP contribution in [0.4, 0.5) is 0 Å². The molecule has 0 heterocycles. The molecule has 0 aromatic heterocycles. The van der Waals surface area contributed by atoms with Crippen molar-refractivity contribution in [3.8, 4) is 0 Å². The van der Waals surface area contributed by atoms with Gasteiger partial charge >= 0.3 is 0 Å². The molecule has 0 aliphatic heterocycles. The van der Waals surface area contributed by atoms with Gasteiger partial charge in [0.1, 0.15) is 0 Å². The van der Waals surface area contributed by atoms with E-state index in [0.29, 0.717) is 0 Å². The van der Waals surface area contributed by atoms with E-state index in [0.717, 1.165) is 0 Å². The van der Waals surface area contributed by atoms with Crippen LogP contribution in [0, 0.1) is 0 Å². The van der Waals surface area contributed by atoms with E-state index in [2.05, 4.69) is 25.7 Å². The van der Waals surface area contributed by atoms with Crippen LogP contribution in [-0.2, 0) is 0 Å². The smallest absolute Gasteiger partial charge is 0 e. The van der Waals surface area contributed by atoms with Crippen molar-refractivity contribution in [2.24, 2.45) is 0 Å². The molecular weight excluding hydrogens is 205 g/mol. The molecule has 0 bridgehead atoms. The minimum atomic E-state index is 0. The molecule has 0 aromatic rings. The molecular formula is C6H15NSn. The molecule has 0 aliphatic rings. The van der Waals surface area contributed by atoms with Gasteiger partial charge in [-0.15, -0.1) is 0 Å². The van der Waals surface area contributed by atoms with Crippen LogP contribution in [0.15, 0.2) is 0 Å². The van der Waals surface area contributed by atoms with Crippen molar-refractivity contribution in [3.63, 3.8) is 0 Å². The molecule has 0 amide bonds. The van der Waals surface area contributed by atoms with Gasteiger partial charge in [-0.25, -0.2) is 0 Å². The van der Waals surface area contributed by atoms with Crippen LogP contribution in [0.2, 0.25) is 0 Å². The Morgan fingerprint density at radius 2 is 1.12 bits per heavy atom. The van der Waals surface area contributed by atoms with Gasteiger partial charge in [0.15, 0.2) is 0 Å². The number of hydrogen-bond acceptors (Lipinski definition) is 1. The van der Waals surface area contributed by atoms with E-state index in [1.165, 1.54) is 19.6 Å². The second kappa shape index (κ2) is 7.76. The van der Waals surface area contributed by atoms with Crippen molar-refractivity contribution < 1.29 is 0 Å². The first-order chi connectivity index (χ1) is 3.35. The summed E-state index contributed by atoms with van der Waals surface area (Å²) in [7, 11) is 0. The topological polar surface area (TPSA) is 3.24 Å². The quantitative estimate of drug-likeness (QED) is 0.640. The van der Waals surface area contributed by atoms with Gasteiger partial charge in [0.25, 0.3) is 0 Å². The first kappa shape index (κ1) is 11.5. The predicted octanol–water partition coefficient (Wildman–Crippen LogP) is 0.967. The fourth-order valence-electron chi connectivity index (χ4n) is 0.671. The Morgan fingerprint density at radius 3 is 1.12 bits per heavy atom. The molecule has 0 saturated carbocycles. The molecule has 8 heavy (non-hydrogen) atoms. The van der Waals surface area contributed by atoms with Gasteiger partial charge in [-0.2, -0.15) is 0 Å². The molecule has 0 saturated heterocycles. The molecule has 4 radical (unpaired) electrons. The maximum atomic E-state index is 2.38. The molecule has 0 fully saturated rings. The second-order valence-electron chi connectivity index (χ2n) is 1.62. The largest absolute Gasteiger partial charge is 0.304 e. The summed E-state index contributed by atoms with van der Waals surface area (Å²) in [6.45, 7) is 10.1. The molecule has 48 valence electrons. The zero-order valence-corrected chi connectivity index (χ0v) is 8.92. The summed E-state index contributed by atoms with van der Waals surface area (Å²) in [5, 5.41) is 0. The fraction of sp³-hybridized carbons (Fsp3) is 1.00. The summed E-state index contributed by atoms with van der Waals surface area (Å²) < 4.78 is 0. The van der Waals surface area contributed by atoms with Gasteiger partial charge in [-0.05, 0) is 19.6 Å². The molecule has 0 spiro atoms. The number of hydrogen-bond donors (Lipinski definition) is 0. The Kier molecular flexibility index (Phi) is 11.2. The third kappa shape index (κ3) is 4.91. The predicted molar refractivity (Wildman–Crippen MR) is 39.2 cm³/mol. The Labute approximate surface area is 69.4 Å². The molecule has 1 nitrogen and oxygen atoms in total. The maximum Gasteiger partial charge on any atom is 0 e. The van der Waals surface area contributed by atoms with E-state index >= 15 is 0 Å². The Balaban J connectivity index is 0. The summed E-state index contributed by atoms with van der Waals surface area (Å²) >= 11 is 0. The van der Waals surface area contributed by atoms with Crippen molar-refractivity contribution in [1.29, 1.82) is 0 Å². The van der Waals surface area contributed by atoms with E-state index in [1.807, 2.05) is 0 Å². The summed E-state index contributed by atoms with van der Waals surface area (Å²) in [6, 6.07) is 0. The molecule has 0 aromatic carbocycles. The number of nitrogens with zero attached hydrogens (tertiary/aromatic N) is 1. The Hall–Kier alpha value is 0.759. The fourth-order valence-corrected chi connectivity index (χ4v) is 0.671. The van der Waals surface area contributed by atoms with Crippen LogP contribution >= 0.6 is 0 Å². The van der Waals surface area contributed by atoms with Gasteiger partial charge in [0.05, 0.1) is 0 Å². The first-order valence-electron chi connectivity index (χ1n) is 3.07. The van der Waals surface area contributed by atoms with Crippen molar-refractivity contribution in [2.75, 3.05) is 19.6 Å². The SMILES string of the molecule is CCN(CC)CC.[Sn]. The average molecular weight is 220 g/mol. The molecule has 2 heteroatoms. The van der Waals surface area contributed by atoms with Crippen molar-refractivity contribution in [2.45, 2.75) is 20.8 Å². The van der Waals surface area contributed by atoms with Crippen LogP contribution in [0.25, 0.3) is 0 Å². The van der Waals surface area contributed by atoms with Gasteiger partial charge < -0.3 is 4.90 Å². The van der Waals surface area contributed by atoms with Crippen LogP contribution in [0.3, 0.4) is 0 Å². The summed E-state index contributed by atoms with van der Waals surface area (Å²) in [6.07, 6.45) is 0. The third-order valence-corrected chi connectivity index (χ3v) is 1.34. The van der Waals surface area contributed by atoms with Gasteiger partial charge in [0.2, 0.25) is 0 Å².